The Morgan fingerprint density at radius 1 is 1.40 bits per heavy atom. The van der Waals surface area contributed by atoms with Gasteiger partial charge in [0.2, 0.25) is 5.91 Å². The van der Waals surface area contributed by atoms with E-state index in [0.717, 1.165) is 0 Å². The molecule has 25 heavy (non-hydrogen) atoms. The van der Waals surface area contributed by atoms with Gasteiger partial charge in [0.1, 0.15) is 0 Å². The van der Waals surface area contributed by atoms with Gasteiger partial charge in [-0.1, -0.05) is 11.6 Å². The highest BCUT2D eigenvalue weighted by molar-refractivity contribution is 6.34. The van der Waals surface area contributed by atoms with Crippen molar-refractivity contribution in [1.82, 2.24) is 4.90 Å². The Morgan fingerprint density at radius 2 is 2.08 bits per heavy atom. The molecule has 0 spiro atoms. The van der Waals surface area contributed by atoms with Crippen molar-refractivity contribution >= 4 is 41.5 Å². The quantitative estimate of drug-likeness (QED) is 0.766. The summed E-state index contributed by atoms with van der Waals surface area (Å²) in [6.07, 6.45) is -0.179. The van der Waals surface area contributed by atoms with Crippen molar-refractivity contribution in [1.29, 1.82) is 0 Å². The van der Waals surface area contributed by atoms with Gasteiger partial charge < -0.3 is 25.4 Å². The van der Waals surface area contributed by atoms with Crippen molar-refractivity contribution in [3.63, 3.8) is 0 Å². The monoisotopic (exact) mass is 391 g/mol. The van der Waals surface area contributed by atoms with E-state index in [9.17, 15) is 9.59 Å². The predicted octanol–water partition coefficient (Wildman–Crippen LogP) is 1.54. The number of rotatable bonds is 6. The highest BCUT2D eigenvalue weighted by atomic mass is 35.5. The van der Waals surface area contributed by atoms with Crippen LogP contribution in [0.2, 0.25) is 5.02 Å². The zero-order chi connectivity index (χ0) is 17.5. The van der Waals surface area contributed by atoms with Crippen molar-refractivity contribution in [2.75, 3.05) is 45.3 Å². The van der Waals surface area contributed by atoms with Crippen LogP contribution in [0, 0.1) is 0 Å². The SMILES string of the molecule is COC(CN)CC(=O)Nc1ccc(C(=O)N2CCOCC2)c(Cl)c1.Cl. The Labute approximate surface area is 158 Å². The highest BCUT2D eigenvalue weighted by Gasteiger charge is 2.21. The van der Waals surface area contributed by atoms with Crippen molar-refractivity contribution in [2.24, 2.45) is 5.73 Å². The van der Waals surface area contributed by atoms with E-state index in [0.29, 0.717) is 42.6 Å². The summed E-state index contributed by atoms with van der Waals surface area (Å²) in [4.78, 5) is 26.1. The summed E-state index contributed by atoms with van der Waals surface area (Å²) in [7, 11) is 1.51. The predicted molar refractivity (Wildman–Crippen MR) is 98.5 cm³/mol. The largest absolute Gasteiger partial charge is 0.380 e. The van der Waals surface area contributed by atoms with Crippen LogP contribution in [-0.2, 0) is 14.3 Å². The zero-order valence-corrected chi connectivity index (χ0v) is 15.6. The number of methoxy groups -OCH3 is 1. The van der Waals surface area contributed by atoms with E-state index in [2.05, 4.69) is 5.32 Å². The van der Waals surface area contributed by atoms with E-state index in [1.807, 2.05) is 0 Å². The number of hydrogen-bond acceptors (Lipinski definition) is 5. The molecular formula is C16H23Cl2N3O4. The van der Waals surface area contributed by atoms with Gasteiger partial charge in [-0.05, 0) is 18.2 Å². The van der Waals surface area contributed by atoms with Gasteiger partial charge in [0.15, 0.2) is 0 Å². The molecule has 2 rings (SSSR count). The second-order valence-electron chi connectivity index (χ2n) is 5.44. The molecule has 0 aliphatic carbocycles. The molecule has 0 radical (unpaired) electrons. The van der Waals surface area contributed by atoms with Crippen molar-refractivity contribution < 1.29 is 19.1 Å². The topological polar surface area (TPSA) is 93.9 Å². The number of anilines is 1. The molecule has 1 aliphatic rings. The fourth-order valence-corrected chi connectivity index (χ4v) is 2.65. The van der Waals surface area contributed by atoms with Gasteiger partial charge >= 0.3 is 0 Å². The lowest BCUT2D eigenvalue weighted by molar-refractivity contribution is -0.118. The first kappa shape index (κ1) is 21.7. The van der Waals surface area contributed by atoms with E-state index in [4.69, 9.17) is 26.8 Å². The van der Waals surface area contributed by atoms with E-state index >= 15 is 0 Å². The molecule has 1 atom stereocenters. The average molecular weight is 392 g/mol. The van der Waals surface area contributed by atoms with Gasteiger partial charge in [-0.2, -0.15) is 0 Å². The maximum absolute atomic E-state index is 12.4. The minimum atomic E-state index is -0.331. The van der Waals surface area contributed by atoms with E-state index in [-0.39, 0.29) is 43.3 Å². The maximum atomic E-state index is 12.4. The molecule has 1 saturated heterocycles. The van der Waals surface area contributed by atoms with Crippen LogP contribution in [0.15, 0.2) is 18.2 Å². The molecule has 1 unspecified atom stereocenters. The summed E-state index contributed by atoms with van der Waals surface area (Å²) in [6.45, 7) is 2.41. The lowest BCUT2D eigenvalue weighted by Gasteiger charge is -2.27. The Bertz CT molecular complexity index is 591. The van der Waals surface area contributed by atoms with Crippen LogP contribution in [-0.4, -0.2) is 62.8 Å². The molecule has 1 aromatic carbocycles. The third-order valence-corrected chi connectivity index (χ3v) is 4.10. The summed E-state index contributed by atoms with van der Waals surface area (Å²) >= 11 is 6.21. The Hall–Kier alpha value is -1.38. The summed E-state index contributed by atoms with van der Waals surface area (Å²) in [5, 5.41) is 3.02. The average Bonchev–Trinajstić information content (AvgIpc) is 2.60. The maximum Gasteiger partial charge on any atom is 0.255 e. The van der Waals surface area contributed by atoms with Crippen LogP contribution in [0.4, 0.5) is 5.69 Å². The van der Waals surface area contributed by atoms with Crippen molar-refractivity contribution in [2.45, 2.75) is 12.5 Å². The van der Waals surface area contributed by atoms with Crippen LogP contribution in [0.25, 0.3) is 0 Å². The minimum Gasteiger partial charge on any atom is -0.380 e. The third kappa shape index (κ3) is 6.13. The minimum absolute atomic E-state index is 0. The standard InChI is InChI=1S/C16H22ClN3O4.ClH/c1-23-12(10-18)9-15(21)19-11-2-3-13(14(17)8-11)16(22)20-4-6-24-7-5-20;/h2-3,8,12H,4-7,9-10,18H2,1H3,(H,19,21);1H. The third-order valence-electron chi connectivity index (χ3n) is 3.79. The Kier molecular flexibility index (Phi) is 9.16. The van der Waals surface area contributed by atoms with Crippen LogP contribution in [0.1, 0.15) is 16.8 Å². The number of nitrogens with one attached hydrogen (secondary N) is 1. The number of nitrogens with two attached hydrogens (primary N) is 1. The number of morpholine rings is 1. The molecule has 1 fully saturated rings. The van der Waals surface area contributed by atoms with Crippen LogP contribution in [0.3, 0.4) is 0 Å². The van der Waals surface area contributed by atoms with E-state index < -0.39 is 0 Å². The van der Waals surface area contributed by atoms with Gasteiger partial charge in [0.25, 0.3) is 5.91 Å². The first-order valence-corrected chi connectivity index (χ1v) is 8.12. The fraction of sp³-hybridized carbons (Fsp3) is 0.500. The summed E-state index contributed by atoms with van der Waals surface area (Å²) in [5.74, 6) is -0.362. The zero-order valence-electron chi connectivity index (χ0n) is 14.0. The summed E-state index contributed by atoms with van der Waals surface area (Å²) < 4.78 is 10.3. The number of benzene rings is 1. The summed E-state index contributed by atoms with van der Waals surface area (Å²) in [6, 6.07) is 4.84. The number of amides is 2. The van der Waals surface area contributed by atoms with Gasteiger partial charge in [-0.15, -0.1) is 12.4 Å². The molecule has 1 heterocycles. The molecule has 7 nitrogen and oxygen atoms in total. The number of ether oxygens (including phenoxy) is 2. The normalized spacial score (nSPS) is 15.2. The Morgan fingerprint density at radius 3 is 2.64 bits per heavy atom. The molecule has 1 aromatic rings. The first-order chi connectivity index (χ1) is 11.5. The van der Waals surface area contributed by atoms with Crippen molar-refractivity contribution in [3.8, 4) is 0 Å². The smallest absolute Gasteiger partial charge is 0.255 e. The van der Waals surface area contributed by atoms with Gasteiger partial charge in [-0.25, -0.2) is 0 Å². The molecule has 0 saturated carbocycles. The second-order valence-corrected chi connectivity index (χ2v) is 5.85. The first-order valence-electron chi connectivity index (χ1n) is 7.74. The van der Waals surface area contributed by atoms with Gasteiger partial charge in [0.05, 0.1) is 36.3 Å². The molecular weight excluding hydrogens is 369 g/mol. The van der Waals surface area contributed by atoms with Gasteiger partial charge in [-0.3, -0.25) is 9.59 Å². The number of carbonyl (C=O) groups is 2. The summed E-state index contributed by atoms with van der Waals surface area (Å²) in [5.41, 5.74) is 6.43. The highest BCUT2D eigenvalue weighted by Crippen LogP contribution is 2.23. The molecule has 1 aliphatic heterocycles. The van der Waals surface area contributed by atoms with E-state index in [1.54, 1.807) is 23.1 Å². The van der Waals surface area contributed by atoms with Crippen LogP contribution < -0.4 is 11.1 Å². The van der Waals surface area contributed by atoms with Crippen LogP contribution >= 0.6 is 24.0 Å². The molecule has 0 aromatic heterocycles. The fourth-order valence-electron chi connectivity index (χ4n) is 2.38. The molecule has 140 valence electrons. The van der Waals surface area contributed by atoms with E-state index in [1.165, 1.54) is 7.11 Å². The van der Waals surface area contributed by atoms with Crippen molar-refractivity contribution in [3.05, 3.63) is 28.8 Å². The van der Waals surface area contributed by atoms with Crippen LogP contribution in [0.5, 0.6) is 0 Å². The second kappa shape index (κ2) is 10.6. The number of carbonyl (C=O) groups excluding carboxylic acids is 2. The van der Waals surface area contributed by atoms with Gasteiger partial charge in [0, 0.05) is 32.4 Å². The number of halogens is 2. The molecule has 2 amide bonds. The molecule has 0 bridgehead atoms. The molecule has 3 N–H and O–H groups in total. The molecule has 9 heteroatoms. The number of hydrogen-bond donors (Lipinski definition) is 2. The Balaban J connectivity index is 0.00000312. The lowest BCUT2D eigenvalue weighted by Crippen LogP contribution is -2.40. The number of nitrogens with zero attached hydrogens (tertiary/aromatic N) is 1. The lowest BCUT2D eigenvalue weighted by atomic mass is 10.1.